The first kappa shape index (κ1) is 19.9. The molecule has 1 heterocycles. The Morgan fingerprint density at radius 2 is 1.96 bits per heavy atom. The Hall–Kier alpha value is -2.43. The average molecular weight is 362 g/mol. The van der Waals surface area contributed by atoms with Gasteiger partial charge in [-0.1, -0.05) is 24.3 Å². The van der Waals surface area contributed by atoms with E-state index in [4.69, 9.17) is 9.15 Å². The van der Waals surface area contributed by atoms with Gasteiger partial charge in [-0.05, 0) is 49.6 Å². The Morgan fingerprint density at radius 1 is 1.15 bits per heavy atom. The molecule has 0 atom stereocenters. The van der Waals surface area contributed by atoms with Crippen molar-refractivity contribution < 1.29 is 17.9 Å². The van der Waals surface area contributed by atoms with Crippen LogP contribution in [0.25, 0.3) is 10.8 Å². The second-order valence-corrected chi connectivity index (χ2v) is 5.96. The number of hydrogen-bond donors (Lipinski definition) is 0. The first-order valence-corrected chi connectivity index (χ1v) is 8.87. The van der Waals surface area contributed by atoms with Gasteiger partial charge in [-0.2, -0.15) is 0 Å². The monoisotopic (exact) mass is 362 g/mol. The zero-order chi connectivity index (χ0) is 18.8. The molecule has 0 aliphatic rings. The Balaban J connectivity index is 2.06. The van der Waals surface area contributed by atoms with Gasteiger partial charge < -0.3 is 9.15 Å². The van der Waals surface area contributed by atoms with E-state index < -0.39 is 18.1 Å². The molecule has 0 N–H and O–H groups in total. The molecule has 1 aromatic heterocycles. The number of halogens is 2. The van der Waals surface area contributed by atoms with E-state index in [0.29, 0.717) is 43.4 Å². The lowest BCUT2D eigenvalue weighted by molar-refractivity contribution is 0.309. The van der Waals surface area contributed by atoms with Gasteiger partial charge in [0, 0.05) is 6.42 Å². The fourth-order valence-electron chi connectivity index (χ4n) is 2.59. The van der Waals surface area contributed by atoms with Crippen molar-refractivity contribution in [3.05, 3.63) is 65.0 Å². The SMILES string of the molecule is C=CCC/C=C/CCOc1ccc2cc(CCCCF)oc(=O)c2c1F. The van der Waals surface area contributed by atoms with Gasteiger partial charge in [-0.15, -0.1) is 6.58 Å². The van der Waals surface area contributed by atoms with E-state index in [1.54, 1.807) is 12.1 Å². The van der Waals surface area contributed by atoms with Crippen LogP contribution in [0.2, 0.25) is 0 Å². The summed E-state index contributed by atoms with van der Waals surface area (Å²) in [5.74, 6) is -0.231. The number of allylic oxidation sites excluding steroid dienone is 2. The molecule has 2 rings (SSSR count). The predicted molar refractivity (Wildman–Crippen MR) is 100 cm³/mol. The summed E-state index contributed by atoms with van der Waals surface area (Å²) in [5.41, 5.74) is -0.731. The molecular formula is C21H24F2O3. The van der Waals surface area contributed by atoms with E-state index in [2.05, 4.69) is 6.58 Å². The standard InChI is InChI=1S/C21H24F2O3/c1-2-3-4-5-6-9-14-25-18-12-11-16-15-17(10-7-8-13-22)26-21(24)19(16)20(18)23/h2,5-6,11-12,15H,1,3-4,7-10,13-14H2/b6-5+. The molecule has 0 saturated heterocycles. The molecule has 0 unspecified atom stereocenters. The van der Waals surface area contributed by atoms with Crippen molar-refractivity contribution in [3.63, 3.8) is 0 Å². The maximum Gasteiger partial charge on any atom is 0.346 e. The number of unbranched alkanes of at least 4 members (excludes halogenated alkanes) is 2. The number of aryl methyl sites for hydroxylation is 1. The molecule has 2 aromatic rings. The van der Waals surface area contributed by atoms with Gasteiger partial charge in [0.1, 0.15) is 11.1 Å². The summed E-state index contributed by atoms with van der Waals surface area (Å²) in [6.07, 6.45) is 9.78. The molecule has 0 fully saturated rings. The van der Waals surface area contributed by atoms with E-state index >= 15 is 0 Å². The van der Waals surface area contributed by atoms with Crippen molar-refractivity contribution in [3.8, 4) is 5.75 Å². The van der Waals surface area contributed by atoms with Crippen molar-refractivity contribution in [1.29, 1.82) is 0 Å². The highest BCUT2D eigenvalue weighted by atomic mass is 19.1. The third-order valence-corrected chi connectivity index (χ3v) is 3.94. The Labute approximate surface area is 152 Å². The topological polar surface area (TPSA) is 39.4 Å². The zero-order valence-electron chi connectivity index (χ0n) is 14.8. The molecule has 0 aliphatic heterocycles. The molecule has 1 aromatic carbocycles. The summed E-state index contributed by atoms with van der Waals surface area (Å²) in [6.45, 7) is 3.56. The molecule has 26 heavy (non-hydrogen) atoms. The second-order valence-electron chi connectivity index (χ2n) is 5.96. The maximum absolute atomic E-state index is 14.6. The van der Waals surface area contributed by atoms with Gasteiger partial charge in [-0.25, -0.2) is 9.18 Å². The summed E-state index contributed by atoms with van der Waals surface area (Å²) < 4.78 is 37.4. The lowest BCUT2D eigenvalue weighted by atomic mass is 10.1. The molecular weight excluding hydrogens is 338 g/mol. The lowest BCUT2D eigenvalue weighted by Crippen LogP contribution is -2.07. The minimum atomic E-state index is -0.731. The first-order valence-electron chi connectivity index (χ1n) is 8.87. The number of hydrogen-bond acceptors (Lipinski definition) is 3. The van der Waals surface area contributed by atoms with E-state index in [1.165, 1.54) is 6.07 Å². The van der Waals surface area contributed by atoms with Crippen molar-refractivity contribution in [2.24, 2.45) is 0 Å². The van der Waals surface area contributed by atoms with Gasteiger partial charge in [-0.3, -0.25) is 4.39 Å². The number of benzene rings is 1. The van der Waals surface area contributed by atoms with Crippen molar-refractivity contribution in [2.75, 3.05) is 13.3 Å². The van der Waals surface area contributed by atoms with Crippen LogP contribution in [0.4, 0.5) is 8.78 Å². The Morgan fingerprint density at radius 3 is 2.73 bits per heavy atom. The Kier molecular flexibility index (Phi) is 8.06. The molecule has 140 valence electrons. The van der Waals surface area contributed by atoms with Crippen LogP contribution in [0.15, 0.2) is 52.2 Å². The molecule has 3 nitrogen and oxygen atoms in total. The number of rotatable bonds is 11. The number of alkyl halides is 1. The largest absolute Gasteiger partial charge is 0.490 e. The van der Waals surface area contributed by atoms with E-state index in [-0.39, 0.29) is 11.1 Å². The highest BCUT2D eigenvalue weighted by molar-refractivity contribution is 5.83. The fourth-order valence-corrected chi connectivity index (χ4v) is 2.59. The minimum Gasteiger partial charge on any atom is -0.490 e. The summed E-state index contributed by atoms with van der Waals surface area (Å²) >= 11 is 0. The average Bonchev–Trinajstić information content (AvgIpc) is 2.62. The summed E-state index contributed by atoms with van der Waals surface area (Å²) in [6, 6.07) is 4.79. The predicted octanol–water partition coefficient (Wildman–Crippen LogP) is 5.52. The van der Waals surface area contributed by atoms with Crippen LogP contribution in [0, 0.1) is 5.82 Å². The minimum absolute atomic E-state index is 0.0365. The zero-order valence-corrected chi connectivity index (χ0v) is 14.8. The van der Waals surface area contributed by atoms with Gasteiger partial charge in [0.05, 0.1) is 13.3 Å². The molecule has 0 radical (unpaired) electrons. The summed E-state index contributed by atoms with van der Waals surface area (Å²) in [7, 11) is 0. The van der Waals surface area contributed by atoms with Crippen LogP contribution in [0.1, 0.15) is 37.9 Å². The molecule has 0 saturated carbocycles. The van der Waals surface area contributed by atoms with Crippen molar-refractivity contribution >= 4 is 10.8 Å². The van der Waals surface area contributed by atoms with Crippen LogP contribution in [0.5, 0.6) is 5.75 Å². The van der Waals surface area contributed by atoms with Crippen LogP contribution < -0.4 is 10.4 Å². The second kappa shape index (κ2) is 10.5. The third-order valence-electron chi connectivity index (χ3n) is 3.94. The first-order chi connectivity index (χ1) is 12.7. The normalized spacial score (nSPS) is 11.3. The number of ether oxygens (including phenoxy) is 1. The highest BCUT2D eigenvalue weighted by Gasteiger charge is 2.14. The van der Waals surface area contributed by atoms with E-state index in [0.717, 1.165) is 12.8 Å². The number of fused-ring (bicyclic) bond motifs is 1. The van der Waals surface area contributed by atoms with Crippen LogP contribution in [-0.4, -0.2) is 13.3 Å². The quantitative estimate of drug-likeness (QED) is 0.390. The highest BCUT2D eigenvalue weighted by Crippen LogP contribution is 2.25. The molecule has 0 bridgehead atoms. The molecule has 0 spiro atoms. The van der Waals surface area contributed by atoms with Gasteiger partial charge in [0.25, 0.3) is 0 Å². The van der Waals surface area contributed by atoms with E-state index in [1.807, 2.05) is 18.2 Å². The van der Waals surface area contributed by atoms with Crippen molar-refractivity contribution in [1.82, 2.24) is 0 Å². The van der Waals surface area contributed by atoms with Crippen LogP contribution >= 0.6 is 0 Å². The molecule has 5 heteroatoms. The summed E-state index contributed by atoms with van der Waals surface area (Å²) in [5, 5.41) is 0.351. The van der Waals surface area contributed by atoms with Crippen molar-refractivity contribution in [2.45, 2.75) is 38.5 Å². The maximum atomic E-state index is 14.6. The van der Waals surface area contributed by atoms with E-state index in [9.17, 15) is 13.6 Å². The Bertz CT molecular complexity index is 809. The van der Waals surface area contributed by atoms with Crippen LogP contribution in [-0.2, 0) is 6.42 Å². The fraction of sp³-hybridized carbons (Fsp3) is 0.381. The van der Waals surface area contributed by atoms with Crippen LogP contribution in [0.3, 0.4) is 0 Å². The smallest absolute Gasteiger partial charge is 0.346 e. The molecule has 0 amide bonds. The van der Waals surface area contributed by atoms with Gasteiger partial charge in [0.15, 0.2) is 11.6 Å². The van der Waals surface area contributed by atoms with Gasteiger partial charge >= 0.3 is 5.63 Å². The van der Waals surface area contributed by atoms with Gasteiger partial charge in [0.2, 0.25) is 0 Å². The third kappa shape index (κ3) is 5.55. The summed E-state index contributed by atoms with van der Waals surface area (Å²) in [4.78, 5) is 12.1. The lowest BCUT2D eigenvalue weighted by Gasteiger charge is -2.08. The molecule has 0 aliphatic carbocycles.